The molecule has 1 aromatic heterocycles. The van der Waals surface area contributed by atoms with Crippen LogP contribution in [0.15, 0.2) is 51.7 Å². The molecule has 2 aromatic carbocycles. The molecule has 40 heavy (non-hydrogen) atoms. The van der Waals surface area contributed by atoms with Gasteiger partial charge in [-0.2, -0.15) is 13.2 Å². The Hall–Kier alpha value is -3.49. The zero-order valence-corrected chi connectivity index (χ0v) is 23.4. The van der Waals surface area contributed by atoms with Crippen molar-refractivity contribution in [2.24, 2.45) is 11.8 Å². The Kier molecular flexibility index (Phi) is 11.0. The summed E-state index contributed by atoms with van der Waals surface area (Å²) in [7, 11) is 1.55. The Morgan fingerprint density at radius 1 is 1.00 bits per heavy atom. The van der Waals surface area contributed by atoms with E-state index < -0.39 is 36.7 Å². The second-order valence-electron chi connectivity index (χ2n) is 10.4. The van der Waals surface area contributed by atoms with E-state index in [2.05, 4.69) is 6.92 Å². The van der Waals surface area contributed by atoms with Crippen molar-refractivity contribution < 1.29 is 36.6 Å². The topological polar surface area (TPSA) is 75.0 Å². The first-order valence-corrected chi connectivity index (χ1v) is 13.6. The van der Waals surface area contributed by atoms with Gasteiger partial charge in [0.2, 0.25) is 0 Å². The molecule has 3 aromatic rings. The molecule has 0 aliphatic carbocycles. The lowest BCUT2D eigenvalue weighted by atomic mass is 10.00. The number of unbranched alkanes of at least 4 members (excludes halogenated alkanes) is 2. The van der Waals surface area contributed by atoms with Crippen LogP contribution in [0.3, 0.4) is 0 Å². The molecule has 1 unspecified atom stereocenters. The first-order valence-electron chi connectivity index (χ1n) is 13.6. The molecule has 1 atom stereocenters. The summed E-state index contributed by atoms with van der Waals surface area (Å²) in [5.41, 5.74) is 1.73. The summed E-state index contributed by atoms with van der Waals surface area (Å²) in [6, 6.07) is 12.2. The van der Waals surface area contributed by atoms with Crippen molar-refractivity contribution in [1.29, 1.82) is 0 Å². The molecule has 0 aliphatic heterocycles. The molecule has 0 N–H and O–H groups in total. The number of halogens is 3. The van der Waals surface area contributed by atoms with Gasteiger partial charge in [0, 0.05) is 29.4 Å². The van der Waals surface area contributed by atoms with Crippen LogP contribution in [0.4, 0.5) is 13.2 Å². The third-order valence-corrected chi connectivity index (χ3v) is 6.39. The highest BCUT2D eigenvalue weighted by atomic mass is 19.4. The second kappa shape index (κ2) is 14.2. The summed E-state index contributed by atoms with van der Waals surface area (Å²) in [6.45, 7) is 5.05. The first-order chi connectivity index (χ1) is 19.0. The number of alkyl halides is 3. The van der Waals surface area contributed by atoms with Crippen LogP contribution in [0.1, 0.15) is 58.4 Å². The van der Waals surface area contributed by atoms with E-state index >= 15 is 0 Å². The van der Waals surface area contributed by atoms with Gasteiger partial charge in [0.25, 0.3) is 0 Å². The third kappa shape index (κ3) is 9.31. The number of fused-ring (bicyclic) bond motifs is 1. The molecule has 0 saturated heterocycles. The van der Waals surface area contributed by atoms with Crippen LogP contribution < -0.4 is 15.1 Å². The summed E-state index contributed by atoms with van der Waals surface area (Å²) >= 11 is 0. The predicted molar refractivity (Wildman–Crippen MR) is 148 cm³/mol. The van der Waals surface area contributed by atoms with E-state index in [9.17, 15) is 22.8 Å². The van der Waals surface area contributed by atoms with E-state index in [1.165, 1.54) is 6.07 Å². The van der Waals surface area contributed by atoms with Gasteiger partial charge in [0.15, 0.2) is 0 Å². The molecular formula is C31H37F3O6. The molecule has 0 saturated carbocycles. The summed E-state index contributed by atoms with van der Waals surface area (Å²) in [5, 5.41) is 0.616. The van der Waals surface area contributed by atoms with Gasteiger partial charge < -0.3 is 18.6 Å². The van der Waals surface area contributed by atoms with Crippen molar-refractivity contribution >= 4 is 16.9 Å². The lowest BCUT2D eigenvalue weighted by Crippen LogP contribution is -2.26. The fourth-order valence-corrected chi connectivity index (χ4v) is 4.37. The molecule has 0 bridgehead atoms. The first kappa shape index (κ1) is 31.0. The number of hydrogen-bond acceptors (Lipinski definition) is 6. The van der Waals surface area contributed by atoms with Gasteiger partial charge in [-0.05, 0) is 48.6 Å². The van der Waals surface area contributed by atoms with Gasteiger partial charge in [-0.3, -0.25) is 4.79 Å². The Labute approximate surface area is 232 Å². The minimum Gasteiger partial charge on any atom is -0.496 e. The number of ether oxygens (including phenoxy) is 3. The van der Waals surface area contributed by atoms with Gasteiger partial charge in [-0.15, -0.1) is 0 Å². The fourth-order valence-electron chi connectivity index (χ4n) is 4.37. The number of aryl methyl sites for hydroxylation is 1. The maximum absolute atomic E-state index is 13.1. The molecule has 0 spiro atoms. The zero-order chi connectivity index (χ0) is 29.3. The van der Waals surface area contributed by atoms with Gasteiger partial charge in [0.1, 0.15) is 17.1 Å². The van der Waals surface area contributed by atoms with Crippen molar-refractivity contribution in [2.45, 2.75) is 65.5 Å². The van der Waals surface area contributed by atoms with E-state index in [0.717, 1.165) is 31.2 Å². The van der Waals surface area contributed by atoms with Gasteiger partial charge in [-0.1, -0.05) is 45.7 Å². The van der Waals surface area contributed by atoms with Crippen LogP contribution in [0, 0.1) is 11.8 Å². The number of hydrogen-bond donors (Lipinski definition) is 0. The highest BCUT2D eigenvalue weighted by Gasteiger charge is 2.33. The van der Waals surface area contributed by atoms with Crippen LogP contribution in [-0.4, -0.2) is 32.5 Å². The molecule has 3 rings (SSSR count). The van der Waals surface area contributed by atoms with Crippen molar-refractivity contribution in [3.05, 3.63) is 58.4 Å². The minimum absolute atomic E-state index is 0.0357. The second-order valence-corrected chi connectivity index (χ2v) is 10.4. The van der Waals surface area contributed by atoms with E-state index in [1.807, 2.05) is 32.0 Å². The monoisotopic (exact) mass is 562 g/mol. The van der Waals surface area contributed by atoms with Gasteiger partial charge in [-0.25, -0.2) is 4.79 Å². The van der Waals surface area contributed by atoms with Crippen LogP contribution in [0.2, 0.25) is 0 Å². The molecule has 0 radical (unpaired) electrons. The van der Waals surface area contributed by atoms with E-state index in [4.69, 9.17) is 18.6 Å². The van der Waals surface area contributed by atoms with Crippen molar-refractivity contribution in [3.63, 3.8) is 0 Å². The number of carbonyl (C=O) groups excluding carboxylic acids is 1. The summed E-state index contributed by atoms with van der Waals surface area (Å²) in [4.78, 5) is 24.7. The molecule has 0 amide bonds. The van der Waals surface area contributed by atoms with Crippen molar-refractivity contribution in [1.82, 2.24) is 0 Å². The van der Waals surface area contributed by atoms with E-state index in [1.54, 1.807) is 25.3 Å². The molecule has 0 fully saturated rings. The van der Waals surface area contributed by atoms with Gasteiger partial charge in [0.05, 0.1) is 32.3 Å². The average molecular weight is 563 g/mol. The maximum atomic E-state index is 13.1. The van der Waals surface area contributed by atoms with Crippen LogP contribution in [0.25, 0.3) is 22.1 Å². The van der Waals surface area contributed by atoms with Gasteiger partial charge >= 0.3 is 17.8 Å². The Balaban J connectivity index is 1.77. The summed E-state index contributed by atoms with van der Waals surface area (Å²) in [5.74, 6) is -0.788. The minimum atomic E-state index is -4.44. The molecular weight excluding hydrogens is 525 g/mol. The molecule has 1 heterocycles. The number of rotatable bonds is 14. The van der Waals surface area contributed by atoms with Crippen molar-refractivity contribution in [3.8, 4) is 22.6 Å². The SMILES string of the molecule is CCCCCc1ccc(-c2cc3ccc(OCC(COC(=O)CC(C)C)CC(F)(F)F)cc3oc2=O)c(OC)c1. The Bertz CT molecular complexity index is 1330. The number of methoxy groups -OCH3 is 1. The molecule has 0 aliphatic rings. The van der Waals surface area contributed by atoms with Crippen LogP contribution in [-0.2, 0) is 16.0 Å². The highest BCUT2D eigenvalue weighted by molar-refractivity contribution is 5.84. The fraction of sp³-hybridized carbons (Fsp3) is 0.484. The lowest BCUT2D eigenvalue weighted by Gasteiger charge is -2.19. The number of benzene rings is 2. The third-order valence-electron chi connectivity index (χ3n) is 6.39. The normalized spacial score (nSPS) is 12.5. The van der Waals surface area contributed by atoms with Crippen LogP contribution >= 0.6 is 0 Å². The largest absolute Gasteiger partial charge is 0.496 e. The highest BCUT2D eigenvalue weighted by Crippen LogP contribution is 2.32. The molecule has 6 nitrogen and oxygen atoms in total. The number of esters is 1. The van der Waals surface area contributed by atoms with Crippen molar-refractivity contribution in [2.75, 3.05) is 20.3 Å². The quantitative estimate of drug-likeness (QED) is 0.114. The van der Waals surface area contributed by atoms with E-state index in [0.29, 0.717) is 22.3 Å². The lowest BCUT2D eigenvalue weighted by molar-refractivity contribution is -0.160. The van der Waals surface area contributed by atoms with E-state index in [-0.39, 0.29) is 30.3 Å². The molecule has 9 heteroatoms. The zero-order valence-electron chi connectivity index (χ0n) is 23.4. The smallest absolute Gasteiger partial charge is 0.389 e. The summed E-state index contributed by atoms with van der Waals surface area (Å²) < 4.78 is 61.0. The molecule has 218 valence electrons. The maximum Gasteiger partial charge on any atom is 0.389 e. The number of carbonyl (C=O) groups is 1. The Morgan fingerprint density at radius 3 is 2.45 bits per heavy atom. The standard InChI is InChI=1S/C31H37F3O6/c1-5-6-7-8-21-9-12-25(28(14-21)37-4)26-15-23-10-11-24(16-27(23)40-30(26)36)38-18-22(17-31(32,33)34)19-39-29(35)13-20(2)3/h9-12,14-16,20,22H,5-8,13,17-19H2,1-4H3. The average Bonchev–Trinajstić information content (AvgIpc) is 2.88. The Morgan fingerprint density at radius 2 is 1.77 bits per heavy atom. The predicted octanol–water partition coefficient (Wildman–Crippen LogP) is 7.74. The van der Waals surface area contributed by atoms with Crippen LogP contribution in [0.5, 0.6) is 11.5 Å². The summed E-state index contributed by atoms with van der Waals surface area (Å²) in [6.07, 6.45) is -1.22.